The number of nitrogen functional groups attached to an aromatic ring is 1. The Hall–Kier alpha value is -1.99. The van der Waals surface area contributed by atoms with E-state index in [0.29, 0.717) is 16.4 Å². The van der Waals surface area contributed by atoms with Crippen LogP contribution in [0.1, 0.15) is 5.56 Å². The summed E-state index contributed by atoms with van der Waals surface area (Å²) in [4.78, 5) is 0. The molecule has 4 nitrogen and oxygen atoms in total. The van der Waals surface area contributed by atoms with Crippen LogP contribution in [0.25, 0.3) is 5.69 Å². The van der Waals surface area contributed by atoms with Crippen LogP contribution in [0, 0.1) is 11.3 Å². The fraction of sp³-hybridized carbons (Fsp3) is 0. The number of hydrogen-bond acceptors (Lipinski definition) is 3. The van der Waals surface area contributed by atoms with Crippen molar-refractivity contribution in [2.24, 2.45) is 0 Å². The van der Waals surface area contributed by atoms with Crippen LogP contribution in [0.4, 0.5) is 5.82 Å². The van der Waals surface area contributed by atoms with Crippen LogP contribution in [0.3, 0.4) is 0 Å². The molecule has 0 bridgehead atoms. The molecule has 0 aliphatic carbocycles. The third-order valence-electron chi connectivity index (χ3n) is 1.98. The van der Waals surface area contributed by atoms with Crippen molar-refractivity contribution in [3.63, 3.8) is 0 Å². The molecule has 0 fully saturated rings. The zero-order chi connectivity index (χ0) is 10.8. The third-order valence-corrected chi connectivity index (χ3v) is 2.21. The average Bonchev–Trinajstić information content (AvgIpc) is 2.59. The number of aromatic nitrogens is 2. The lowest BCUT2D eigenvalue weighted by molar-refractivity contribution is 0.891. The average molecular weight is 219 g/mol. The van der Waals surface area contributed by atoms with Crippen molar-refractivity contribution in [3.8, 4) is 11.8 Å². The maximum atomic E-state index is 8.72. The molecule has 0 saturated heterocycles. The molecule has 15 heavy (non-hydrogen) atoms. The second-order valence-corrected chi connectivity index (χ2v) is 3.38. The molecule has 74 valence electrons. The molecule has 0 spiro atoms. The van der Waals surface area contributed by atoms with Gasteiger partial charge in [0.05, 0.1) is 11.9 Å². The SMILES string of the molecule is N#Cc1cnn(-c2cccc(Cl)c2)c1N. The van der Waals surface area contributed by atoms with E-state index < -0.39 is 0 Å². The summed E-state index contributed by atoms with van der Waals surface area (Å²) in [5.74, 6) is 0.319. The number of benzene rings is 1. The molecule has 0 aliphatic rings. The summed E-state index contributed by atoms with van der Waals surface area (Å²) < 4.78 is 1.48. The highest BCUT2D eigenvalue weighted by Gasteiger charge is 2.07. The van der Waals surface area contributed by atoms with Crippen molar-refractivity contribution in [1.82, 2.24) is 9.78 Å². The molecular weight excluding hydrogens is 212 g/mol. The largest absolute Gasteiger partial charge is 0.382 e. The first-order valence-corrected chi connectivity index (χ1v) is 4.59. The summed E-state index contributed by atoms with van der Waals surface area (Å²) in [5.41, 5.74) is 6.82. The minimum absolute atomic E-state index is 0.319. The molecule has 5 heteroatoms. The van der Waals surface area contributed by atoms with E-state index in [4.69, 9.17) is 22.6 Å². The van der Waals surface area contributed by atoms with E-state index in [1.54, 1.807) is 18.2 Å². The van der Waals surface area contributed by atoms with Crippen molar-refractivity contribution in [2.45, 2.75) is 0 Å². The molecule has 2 rings (SSSR count). The summed E-state index contributed by atoms with van der Waals surface area (Å²) in [6.07, 6.45) is 1.43. The first-order valence-electron chi connectivity index (χ1n) is 4.22. The first-order chi connectivity index (χ1) is 7.22. The number of nitrogens with zero attached hydrogens (tertiary/aromatic N) is 3. The Kier molecular flexibility index (Phi) is 2.32. The Bertz CT molecular complexity index is 539. The normalized spacial score (nSPS) is 9.87. The van der Waals surface area contributed by atoms with Crippen molar-refractivity contribution in [2.75, 3.05) is 5.73 Å². The minimum atomic E-state index is 0.319. The van der Waals surface area contributed by atoms with Crippen molar-refractivity contribution in [1.29, 1.82) is 5.26 Å². The maximum Gasteiger partial charge on any atom is 0.145 e. The van der Waals surface area contributed by atoms with Gasteiger partial charge in [-0.05, 0) is 18.2 Å². The molecule has 2 aromatic rings. The van der Waals surface area contributed by atoms with Gasteiger partial charge in [-0.25, -0.2) is 4.68 Å². The van der Waals surface area contributed by atoms with Gasteiger partial charge in [0.1, 0.15) is 17.5 Å². The summed E-state index contributed by atoms with van der Waals surface area (Å²) in [6.45, 7) is 0. The van der Waals surface area contributed by atoms with Gasteiger partial charge in [0.2, 0.25) is 0 Å². The van der Waals surface area contributed by atoms with E-state index in [-0.39, 0.29) is 0 Å². The fourth-order valence-corrected chi connectivity index (χ4v) is 1.44. The van der Waals surface area contributed by atoms with E-state index in [1.165, 1.54) is 10.9 Å². The van der Waals surface area contributed by atoms with E-state index in [2.05, 4.69) is 5.10 Å². The topological polar surface area (TPSA) is 67.6 Å². The highest BCUT2D eigenvalue weighted by Crippen LogP contribution is 2.19. The molecule has 2 N–H and O–H groups in total. The molecule has 0 unspecified atom stereocenters. The standard InChI is InChI=1S/C10H7ClN4/c11-8-2-1-3-9(4-8)15-10(13)7(5-12)6-14-15/h1-4,6H,13H2. The van der Waals surface area contributed by atoms with E-state index >= 15 is 0 Å². The van der Waals surface area contributed by atoms with Gasteiger partial charge in [0.15, 0.2) is 0 Å². The molecule has 0 radical (unpaired) electrons. The smallest absolute Gasteiger partial charge is 0.145 e. The third kappa shape index (κ3) is 1.65. The van der Waals surface area contributed by atoms with Crippen LogP contribution in [0.5, 0.6) is 0 Å². The van der Waals surface area contributed by atoms with E-state index in [1.807, 2.05) is 12.1 Å². The number of rotatable bonds is 1. The predicted molar refractivity (Wildman–Crippen MR) is 57.7 cm³/mol. The second kappa shape index (κ2) is 3.64. The highest BCUT2D eigenvalue weighted by molar-refractivity contribution is 6.30. The van der Waals surface area contributed by atoms with Crippen LogP contribution in [0.15, 0.2) is 30.5 Å². The zero-order valence-corrected chi connectivity index (χ0v) is 8.44. The van der Waals surface area contributed by atoms with Gasteiger partial charge >= 0.3 is 0 Å². The number of halogens is 1. The predicted octanol–water partition coefficient (Wildman–Crippen LogP) is 1.98. The second-order valence-electron chi connectivity index (χ2n) is 2.95. The van der Waals surface area contributed by atoms with Gasteiger partial charge in [0.25, 0.3) is 0 Å². The summed E-state index contributed by atoms with van der Waals surface area (Å²) >= 11 is 5.84. The molecule has 1 aromatic carbocycles. The van der Waals surface area contributed by atoms with Crippen LogP contribution >= 0.6 is 11.6 Å². The highest BCUT2D eigenvalue weighted by atomic mass is 35.5. The number of nitriles is 1. The van der Waals surface area contributed by atoms with Crippen molar-refractivity contribution < 1.29 is 0 Å². The Balaban J connectivity index is 2.56. The first kappa shape index (κ1) is 9.56. The van der Waals surface area contributed by atoms with Gasteiger partial charge in [-0.3, -0.25) is 0 Å². The molecule has 0 amide bonds. The Morgan fingerprint density at radius 1 is 1.47 bits per heavy atom. The lowest BCUT2D eigenvalue weighted by Crippen LogP contribution is -2.02. The van der Waals surface area contributed by atoms with Gasteiger partial charge in [-0.1, -0.05) is 17.7 Å². The quantitative estimate of drug-likeness (QED) is 0.796. The zero-order valence-electron chi connectivity index (χ0n) is 7.68. The molecule has 1 aromatic heterocycles. The van der Waals surface area contributed by atoms with Crippen LogP contribution in [-0.4, -0.2) is 9.78 Å². The number of anilines is 1. The van der Waals surface area contributed by atoms with Gasteiger partial charge < -0.3 is 5.73 Å². The number of hydrogen-bond donors (Lipinski definition) is 1. The van der Waals surface area contributed by atoms with Crippen molar-refractivity contribution in [3.05, 3.63) is 41.0 Å². The van der Waals surface area contributed by atoms with Crippen molar-refractivity contribution >= 4 is 17.4 Å². The van der Waals surface area contributed by atoms with Crippen LogP contribution in [-0.2, 0) is 0 Å². The number of nitrogens with two attached hydrogens (primary N) is 1. The Morgan fingerprint density at radius 3 is 2.87 bits per heavy atom. The summed E-state index contributed by atoms with van der Waals surface area (Å²) in [7, 11) is 0. The molecule has 0 aliphatic heterocycles. The lowest BCUT2D eigenvalue weighted by atomic mass is 10.3. The molecule has 0 atom stereocenters. The summed E-state index contributed by atoms with van der Waals surface area (Å²) in [5, 5.41) is 13.3. The molecule has 1 heterocycles. The van der Waals surface area contributed by atoms with Gasteiger partial charge in [0, 0.05) is 5.02 Å². The van der Waals surface area contributed by atoms with Gasteiger partial charge in [-0.15, -0.1) is 0 Å². The minimum Gasteiger partial charge on any atom is -0.382 e. The maximum absolute atomic E-state index is 8.72. The fourth-order valence-electron chi connectivity index (χ4n) is 1.26. The van der Waals surface area contributed by atoms with Crippen LogP contribution in [0.2, 0.25) is 5.02 Å². The Morgan fingerprint density at radius 2 is 2.27 bits per heavy atom. The monoisotopic (exact) mass is 218 g/mol. The van der Waals surface area contributed by atoms with E-state index in [9.17, 15) is 0 Å². The van der Waals surface area contributed by atoms with Crippen LogP contribution < -0.4 is 5.73 Å². The summed E-state index contributed by atoms with van der Waals surface area (Å²) in [6, 6.07) is 9.06. The molecule has 0 saturated carbocycles. The molecular formula is C10H7ClN4. The Labute approximate surface area is 91.5 Å². The lowest BCUT2D eigenvalue weighted by Gasteiger charge is -2.03. The van der Waals surface area contributed by atoms with Gasteiger partial charge in [-0.2, -0.15) is 10.4 Å². The van der Waals surface area contributed by atoms with E-state index in [0.717, 1.165) is 5.69 Å².